The number of rotatable bonds is 4. The summed E-state index contributed by atoms with van der Waals surface area (Å²) in [6.45, 7) is 0. The zero-order valence-electron chi connectivity index (χ0n) is 14.3. The fourth-order valence-electron chi connectivity index (χ4n) is 3.30. The first-order valence-electron chi connectivity index (χ1n) is 8.66. The van der Waals surface area contributed by atoms with E-state index in [0.29, 0.717) is 0 Å². The van der Waals surface area contributed by atoms with Crippen LogP contribution in [0.5, 0.6) is 0 Å². The van der Waals surface area contributed by atoms with E-state index in [1.165, 1.54) is 26.7 Å². The summed E-state index contributed by atoms with van der Waals surface area (Å²) in [4.78, 5) is 0. The maximum Gasteiger partial charge on any atom is 0.155 e. The Morgan fingerprint density at radius 3 is 1.73 bits per heavy atom. The van der Waals surface area contributed by atoms with E-state index in [0.717, 1.165) is 5.02 Å². The van der Waals surface area contributed by atoms with Gasteiger partial charge in [0, 0.05) is 5.02 Å². The average molecular weight is 370 g/mol. The molecule has 0 spiro atoms. The van der Waals surface area contributed by atoms with Gasteiger partial charge >= 0.3 is 0 Å². The second-order valence-electron chi connectivity index (χ2n) is 6.16. The lowest BCUT2D eigenvalue weighted by Crippen LogP contribution is -2.52. The Bertz CT molecular complexity index is 957. The molecule has 0 aliphatic heterocycles. The lowest BCUT2D eigenvalue weighted by molar-refractivity contribution is 1.64. The lowest BCUT2D eigenvalue weighted by Gasteiger charge is -2.20. The molecule has 0 saturated heterocycles. The smallest absolute Gasteiger partial charge is 0.0843 e. The fraction of sp³-hybridized carbons (Fsp3) is 0. The molecule has 1 radical (unpaired) electrons. The maximum absolute atomic E-state index is 6.27. The second kappa shape index (κ2) is 7.73. The molecule has 0 aliphatic carbocycles. The van der Waals surface area contributed by atoms with Crippen LogP contribution in [0.2, 0.25) is 5.02 Å². The lowest BCUT2D eigenvalue weighted by atomic mass is 10.1. The van der Waals surface area contributed by atoms with Gasteiger partial charge in [-0.2, -0.15) is 0 Å². The zero-order chi connectivity index (χ0) is 17.8. The maximum atomic E-state index is 6.27. The molecule has 0 atom stereocenters. The summed E-state index contributed by atoms with van der Waals surface area (Å²) >= 11 is 6.27. The third-order valence-corrected chi connectivity index (χ3v) is 7.49. The Morgan fingerprint density at radius 2 is 1.12 bits per heavy atom. The van der Waals surface area contributed by atoms with Crippen molar-refractivity contribution in [3.8, 4) is 11.1 Å². The molecule has 26 heavy (non-hydrogen) atoms. The Kier molecular flexibility index (Phi) is 5.01. The normalized spacial score (nSPS) is 10.8. The summed E-state index contributed by atoms with van der Waals surface area (Å²) in [6, 6.07) is 38.5. The van der Waals surface area contributed by atoms with Crippen LogP contribution >= 0.6 is 11.6 Å². The van der Waals surface area contributed by atoms with Crippen molar-refractivity contribution < 1.29 is 0 Å². The minimum Gasteiger partial charge on any atom is -0.0843 e. The molecule has 2 heteroatoms. The first kappa shape index (κ1) is 16.8. The van der Waals surface area contributed by atoms with Gasteiger partial charge in [-0.25, -0.2) is 0 Å². The summed E-state index contributed by atoms with van der Waals surface area (Å²) in [5.41, 5.74) is 2.43. The molecule has 0 fully saturated rings. The molecule has 0 heterocycles. The average Bonchev–Trinajstić information content (AvgIpc) is 2.70. The van der Waals surface area contributed by atoms with Crippen molar-refractivity contribution in [2.24, 2.45) is 0 Å². The van der Waals surface area contributed by atoms with Crippen LogP contribution < -0.4 is 15.6 Å². The number of halogens is 1. The van der Waals surface area contributed by atoms with E-state index in [1.807, 2.05) is 12.1 Å². The van der Waals surface area contributed by atoms with Crippen molar-refractivity contribution in [3.05, 3.63) is 114 Å². The third kappa shape index (κ3) is 3.50. The molecule has 4 aromatic rings. The Balaban J connectivity index is 1.93. The van der Waals surface area contributed by atoms with Gasteiger partial charge in [0.05, 0.1) is 0 Å². The van der Waals surface area contributed by atoms with E-state index in [4.69, 9.17) is 11.6 Å². The van der Waals surface area contributed by atoms with Gasteiger partial charge in [-0.15, -0.1) is 0 Å². The zero-order valence-corrected chi connectivity index (χ0v) is 16.0. The van der Waals surface area contributed by atoms with Crippen molar-refractivity contribution in [1.29, 1.82) is 0 Å². The molecular formula is C24H18ClSi. The highest BCUT2D eigenvalue weighted by molar-refractivity contribution is 6.96. The molecule has 4 aromatic carbocycles. The topological polar surface area (TPSA) is 0 Å². The summed E-state index contributed by atoms with van der Waals surface area (Å²) < 4.78 is 0. The molecule has 0 saturated carbocycles. The highest BCUT2D eigenvalue weighted by atomic mass is 35.5. The van der Waals surface area contributed by atoms with Crippen LogP contribution in [-0.4, -0.2) is 8.80 Å². The largest absolute Gasteiger partial charge is 0.155 e. The first-order chi connectivity index (χ1) is 12.8. The number of hydrogen-bond donors (Lipinski definition) is 0. The van der Waals surface area contributed by atoms with Crippen molar-refractivity contribution in [2.75, 3.05) is 0 Å². The summed E-state index contributed by atoms with van der Waals surface area (Å²) in [5, 5.41) is 4.93. The van der Waals surface area contributed by atoms with Gasteiger partial charge in [0.1, 0.15) is 0 Å². The van der Waals surface area contributed by atoms with Crippen molar-refractivity contribution >= 4 is 36.0 Å². The third-order valence-electron chi connectivity index (χ3n) is 4.46. The van der Waals surface area contributed by atoms with Gasteiger partial charge < -0.3 is 0 Å². The molecule has 0 aromatic heterocycles. The van der Waals surface area contributed by atoms with Gasteiger partial charge in [-0.1, -0.05) is 119 Å². The van der Waals surface area contributed by atoms with E-state index < -0.39 is 8.80 Å². The standard InChI is InChI=1S/C24H18ClSi/c25-20-11-9-10-19(18-20)23-16-7-8-17-24(23)26(21-12-3-1-4-13-21)22-14-5-2-6-15-22/h1-18H. The van der Waals surface area contributed by atoms with E-state index in [-0.39, 0.29) is 0 Å². The van der Waals surface area contributed by atoms with Crippen LogP contribution in [0.25, 0.3) is 11.1 Å². The van der Waals surface area contributed by atoms with Crippen LogP contribution in [0, 0.1) is 0 Å². The second-order valence-corrected chi connectivity index (χ2v) is 9.04. The molecule has 0 bridgehead atoms. The van der Waals surface area contributed by atoms with E-state index in [2.05, 4.69) is 97.1 Å². The molecular weight excluding hydrogens is 352 g/mol. The Hall–Kier alpha value is -2.61. The Labute approximate surface area is 161 Å². The van der Waals surface area contributed by atoms with Crippen LogP contribution in [0.4, 0.5) is 0 Å². The SMILES string of the molecule is Clc1cccc(-c2ccccc2[Si](c2ccccc2)c2ccccc2)c1. The highest BCUT2D eigenvalue weighted by Gasteiger charge is 2.22. The van der Waals surface area contributed by atoms with E-state index in [1.54, 1.807) is 0 Å². The number of hydrogen-bond acceptors (Lipinski definition) is 0. The van der Waals surface area contributed by atoms with E-state index in [9.17, 15) is 0 Å². The molecule has 0 N–H and O–H groups in total. The predicted octanol–water partition coefficient (Wildman–Crippen LogP) is 4.52. The van der Waals surface area contributed by atoms with Gasteiger partial charge in [0.15, 0.2) is 8.80 Å². The Morgan fingerprint density at radius 1 is 0.538 bits per heavy atom. The minimum atomic E-state index is -1.11. The van der Waals surface area contributed by atoms with Gasteiger partial charge in [-0.05, 0) is 28.4 Å². The van der Waals surface area contributed by atoms with Crippen LogP contribution in [0.3, 0.4) is 0 Å². The number of benzene rings is 4. The van der Waals surface area contributed by atoms with Gasteiger partial charge in [-0.3, -0.25) is 0 Å². The van der Waals surface area contributed by atoms with E-state index >= 15 is 0 Å². The highest BCUT2D eigenvalue weighted by Crippen LogP contribution is 2.21. The molecule has 125 valence electrons. The van der Waals surface area contributed by atoms with Crippen molar-refractivity contribution in [3.63, 3.8) is 0 Å². The summed E-state index contributed by atoms with van der Waals surface area (Å²) in [6.07, 6.45) is 0. The van der Waals surface area contributed by atoms with Crippen molar-refractivity contribution in [2.45, 2.75) is 0 Å². The van der Waals surface area contributed by atoms with Gasteiger partial charge in [0.25, 0.3) is 0 Å². The quantitative estimate of drug-likeness (QED) is 0.366. The monoisotopic (exact) mass is 369 g/mol. The molecule has 0 unspecified atom stereocenters. The first-order valence-corrected chi connectivity index (χ1v) is 10.5. The predicted molar refractivity (Wildman–Crippen MR) is 114 cm³/mol. The van der Waals surface area contributed by atoms with Crippen LogP contribution in [-0.2, 0) is 0 Å². The molecule has 0 aliphatic rings. The van der Waals surface area contributed by atoms with Gasteiger partial charge in [0.2, 0.25) is 0 Å². The van der Waals surface area contributed by atoms with Crippen molar-refractivity contribution in [1.82, 2.24) is 0 Å². The molecule has 0 nitrogen and oxygen atoms in total. The van der Waals surface area contributed by atoms with Crippen LogP contribution in [0.1, 0.15) is 0 Å². The molecule has 0 amide bonds. The summed E-state index contributed by atoms with van der Waals surface area (Å²) in [5.74, 6) is 0. The minimum absolute atomic E-state index is 0.769. The van der Waals surface area contributed by atoms with Crippen LogP contribution in [0.15, 0.2) is 109 Å². The fourth-order valence-corrected chi connectivity index (χ4v) is 6.25. The summed E-state index contributed by atoms with van der Waals surface area (Å²) in [7, 11) is -1.11. The molecule has 4 rings (SSSR count).